The summed E-state index contributed by atoms with van der Waals surface area (Å²) in [5.41, 5.74) is -0.777. The summed E-state index contributed by atoms with van der Waals surface area (Å²) >= 11 is 0. The molecule has 0 aromatic heterocycles. The Morgan fingerprint density at radius 3 is 2.63 bits per heavy atom. The van der Waals surface area contributed by atoms with Gasteiger partial charge in [-0.15, -0.1) is 0 Å². The van der Waals surface area contributed by atoms with Gasteiger partial charge in [0.25, 0.3) is 0 Å². The Kier molecular flexibility index (Phi) is 3.52. The zero-order valence-electron chi connectivity index (χ0n) is 9.69. The molecule has 0 unspecified atom stereocenters. The van der Waals surface area contributed by atoms with E-state index in [9.17, 15) is 28.0 Å². The summed E-state index contributed by atoms with van der Waals surface area (Å²) < 4.78 is 38.6. The molecule has 1 aliphatic rings. The maximum absolute atomic E-state index is 13.4. The van der Waals surface area contributed by atoms with Crippen molar-refractivity contribution in [2.45, 2.75) is 17.4 Å². The van der Waals surface area contributed by atoms with Gasteiger partial charge in [0.2, 0.25) is 15.8 Å². The molecule has 1 aliphatic heterocycles. The van der Waals surface area contributed by atoms with E-state index in [4.69, 9.17) is 0 Å². The number of nitrogens with zero attached hydrogens (tertiary/aromatic N) is 2. The number of aliphatic hydroxyl groups excluding tert-OH is 1. The van der Waals surface area contributed by atoms with Gasteiger partial charge in [-0.25, -0.2) is 8.42 Å². The Balaban J connectivity index is 2.36. The summed E-state index contributed by atoms with van der Waals surface area (Å²) in [5.74, 6) is -1.20. The summed E-state index contributed by atoms with van der Waals surface area (Å²) in [7, 11) is -3.93. The number of nitro groups is 1. The second-order valence-corrected chi connectivity index (χ2v) is 6.11. The van der Waals surface area contributed by atoms with Crippen LogP contribution >= 0.6 is 0 Å². The third-order valence-corrected chi connectivity index (χ3v) is 4.74. The molecule has 0 bridgehead atoms. The highest BCUT2D eigenvalue weighted by molar-refractivity contribution is 7.89. The van der Waals surface area contributed by atoms with Crippen molar-refractivity contribution in [3.05, 3.63) is 34.1 Å². The first-order valence-electron chi connectivity index (χ1n) is 5.44. The predicted octanol–water partition coefficient (Wildman–Crippen LogP) is 0.489. The predicted molar refractivity (Wildman–Crippen MR) is 62.4 cm³/mol. The van der Waals surface area contributed by atoms with Crippen LogP contribution in [0, 0.1) is 15.9 Å². The van der Waals surface area contributed by atoms with Crippen LogP contribution in [-0.4, -0.2) is 41.9 Å². The summed E-state index contributed by atoms with van der Waals surface area (Å²) in [4.78, 5) is 9.17. The number of halogens is 1. The molecule has 0 spiro atoms. The molecule has 104 valence electrons. The van der Waals surface area contributed by atoms with Crippen molar-refractivity contribution in [1.82, 2.24) is 4.31 Å². The van der Waals surface area contributed by atoms with Crippen molar-refractivity contribution in [1.29, 1.82) is 0 Å². The Bertz CT molecular complexity index is 618. The van der Waals surface area contributed by atoms with Crippen LogP contribution in [0.5, 0.6) is 0 Å². The molecule has 1 fully saturated rings. The van der Waals surface area contributed by atoms with Crippen molar-refractivity contribution in [2.24, 2.45) is 0 Å². The Hall–Kier alpha value is -1.58. The van der Waals surface area contributed by atoms with E-state index in [2.05, 4.69) is 0 Å². The number of hydrogen-bond donors (Lipinski definition) is 1. The second-order valence-electron chi connectivity index (χ2n) is 4.18. The third kappa shape index (κ3) is 2.57. The topological polar surface area (TPSA) is 101 Å². The Labute approximate surface area is 108 Å². The van der Waals surface area contributed by atoms with E-state index in [0.29, 0.717) is 12.5 Å². The van der Waals surface area contributed by atoms with Gasteiger partial charge in [-0.2, -0.15) is 8.70 Å². The normalized spacial score (nSPS) is 20.6. The summed E-state index contributed by atoms with van der Waals surface area (Å²) in [6, 6.07) is 2.42. The number of hydrogen-bond acceptors (Lipinski definition) is 5. The van der Waals surface area contributed by atoms with Crippen LogP contribution in [0.1, 0.15) is 6.42 Å². The fourth-order valence-corrected chi connectivity index (χ4v) is 3.38. The van der Waals surface area contributed by atoms with Crippen molar-refractivity contribution in [2.75, 3.05) is 13.1 Å². The maximum atomic E-state index is 13.4. The monoisotopic (exact) mass is 290 g/mol. The molecule has 1 N–H and O–H groups in total. The van der Waals surface area contributed by atoms with E-state index in [-0.39, 0.29) is 18.0 Å². The zero-order valence-corrected chi connectivity index (χ0v) is 10.5. The lowest BCUT2D eigenvalue weighted by Gasteiger charge is -2.15. The van der Waals surface area contributed by atoms with E-state index in [1.54, 1.807) is 0 Å². The lowest BCUT2D eigenvalue weighted by Crippen LogP contribution is -2.29. The molecule has 1 heterocycles. The number of benzene rings is 1. The zero-order chi connectivity index (χ0) is 14.2. The van der Waals surface area contributed by atoms with Crippen LogP contribution in [0.4, 0.5) is 10.1 Å². The molecular weight excluding hydrogens is 279 g/mol. The molecular formula is C10H11FN2O5S. The highest BCUT2D eigenvalue weighted by atomic mass is 32.2. The van der Waals surface area contributed by atoms with Crippen molar-refractivity contribution in [3.63, 3.8) is 0 Å². The SMILES string of the molecule is O=[N+]([O-])c1ccc(S(=O)(=O)N2CC[C@H](O)C2)cc1F. The fourth-order valence-electron chi connectivity index (χ4n) is 1.87. The number of aliphatic hydroxyl groups is 1. The minimum Gasteiger partial charge on any atom is -0.392 e. The Morgan fingerprint density at radius 2 is 2.16 bits per heavy atom. The average Bonchev–Trinajstić information content (AvgIpc) is 2.76. The van der Waals surface area contributed by atoms with Gasteiger partial charge in [0.1, 0.15) is 0 Å². The van der Waals surface area contributed by atoms with Crippen LogP contribution in [0.2, 0.25) is 0 Å². The highest BCUT2D eigenvalue weighted by Crippen LogP contribution is 2.25. The quantitative estimate of drug-likeness (QED) is 0.645. The van der Waals surface area contributed by atoms with E-state index in [1.807, 2.05) is 0 Å². The van der Waals surface area contributed by atoms with Gasteiger partial charge in [0.05, 0.1) is 15.9 Å². The Morgan fingerprint density at radius 1 is 1.47 bits per heavy atom. The fraction of sp³-hybridized carbons (Fsp3) is 0.400. The molecule has 2 rings (SSSR count). The van der Waals surface area contributed by atoms with E-state index in [1.165, 1.54) is 0 Å². The van der Waals surface area contributed by atoms with Crippen LogP contribution in [-0.2, 0) is 10.0 Å². The van der Waals surface area contributed by atoms with Crippen molar-refractivity contribution >= 4 is 15.7 Å². The van der Waals surface area contributed by atoms with Gasteiger partial charge < -0.3 is 5.11 Å². The molecule has 1 aromatic carbocycles. The summed E-state index contributed by atoms with van der Waals surface area (Å²) in [5, 5.41) is 19.8. The summed E-state index contributed by atoms with van der Waals surface area (Å²) in [6.07, 6.45) is -0.424. The largest absolute Gasteiger partial charge is 0.392 e. The standard InChI is InChI=1S/C10H11FN2O5S/c11-9-5-8(1-2-10(9)13(15)16)19(17,18)12-4-3-7(14)6-12/h1-2,5,7,14H,3-4,6H2/t7-/m0/s1. The second kappa shape index (κ2) is 4.83. The van der Waals surface area contributed by atoms with Crippen LogP contribution in [0.3, 0.4) is 0 Å². The third-order valence-electron chi connectivity index (χ3n) is 2.88. The minimum atomic E-state index is -3.93. The van der Waals surface area contributed by atoms with E-state index >= 15 is 0 Å². The van der Waals surface area contributed by atoms with Gasteiger partial charge in [-0.3, -0.25) is 10.1 Å². The molecule has 1 saturated heterocycles. The molecule has 0 aliphatic carbocycles. The molecule has 7 nitrogen and oxygen atoms in total. The van der Waals surface area contributed by atoms with Crippen LogP contribution in [0.25, 0.3) is 0 Å². The number of β-amino-alcohol motifs (C(OH)–C–C–N with tert-alkyl or cyclic N) is 1. The average molecular weight is 290 g/mol. The summed E-state index contributed by atoms with van der Waals surface area (Å²) in [6.45, 7) is 0.0864. The maximum Gasteiger partial charge on any atom is 0.304 e. The number of nitro benzene ring substituents is 1. The van der Waals surface area contributed by atoms with Crippen LogP contribution in [0.15, 0.2) is 23.1 Å². The molecule has 0 amide bonds. The highest BCUT2D eigenvalue weighted by Gasteiger charge is 2.32. The van der Waals surface area contributed by atoms with Gasteiger partial charge >= 0.3 is 5.69 Å². The molecule has 9 heteroatoms. The first-order valence-corrected chi connectivity index (χ1v) is 6.88. The van der Waals surface area contributed by atoms with Gasteiger partial charge in [-0.1, -0.05) is 0 Å². The van der Waals surface area contributed by atoms with E-state index in [0.717, 1.165) is 16.4 Å². The van der Waals surface area contributed by atoms with Gasteiger partial charge in [0, 0.05) is 25.2 Å². The van der Waals surface area contributed by atoms with Gasteiger partial charge in [0.15, 0.2) is 0 Å². The lowest BCUT2D eigenvalue weighted by molar-refractivity contribution is -0.387. The van der Waals surface area contributed by atoms with Crippen LogP contribution < -0.4 is 0 Å². The molecule has 1 atom stereocenters. The van der Waals surface area contributed by atoms with E-state index < -0.39 is 32.6 Å². The first-order chi connectivity index (χ1) is 8.82. The lowest BCUT2D eigenvalue weighted by atomic mass is 10.3. The molecule has 0 radical (unpaired) electrons. The smallest absolute Gasteiger partial charge is 0.304 e. The van der Waals surface area contributed by atoms with Crippen molar-refractivity contribution in [3.8, 4) is 0 Å². The number of rotatable bonds is 3. The van der Waals surface area contributed by atoms with Crippen molar-refractivity contribution < 1.29 is 22.8 Å². The molecule has 19 heavy (non-hydrogen) atoms. The molecule has 0 saturated carbocycles. The van der Waals surface area contributed by atoms with Gasteiger partial charge in [-0.05, 0) is 12.5 Å². The molecule has 1 aromatic rings. The first kappa shape index (κ1) is 13.8. The minimum absolute atomic E-state index is 0.0546. The number of sulfonamides is 1.